The molecule has 282 valence electrons. The minimum Gasteiger partial charge on any atom is -0.496 e. The maximum Gasteiger partial charge on any atom is 0.251 e. The third-order valence-electron chi connectivity index (χ3n) is 11.3. The van der Waals surface area contributed by atoms with E-state index in [1.165, 1.54) is 5.56 Å². The largest absolute Gasteiger partial charge is 0.496 e. The number of hydrogen-bond donors (Lipinski definition) is 4. The Labute approximate surface area is 310 Å². The summed E-state index contributed by atoms with van der Waals surface area (Å²) < 4.78 is 6.09. The van der Waals surface area contributed by atoms with Crippen LogP contribution in [-0.4, -0.2) is 87.6 Å². The number of carbonyl (C=O) groups excluding carboxylic acids is 2. The lowest BCUT2D eigenvalue weighted by Gasteiger charge is -2.39. The van der Waals surface area contributed by atoms with Crippen LogP contribution in [0.15, 0.2) is 66.7 Å². The van der Waals surface area contributed by atoms with Crippen molar-refractivity contribution in [2.45, 2.75) is 77.7 Å². The number of aliphatic hydroxyl groups is 1. The van der Waals surface area contributed by atoms with Gasteiger partial charge in [0.1, 0.15) is 17.9 Å². The molecule has 1 aliphatic heterocycles. The Kier molecular flexibility index (Phi) is 13.4. The number of amides is 2. The van der Waals surface area contributed by atoms with Gasteiger partial charge in [0, 0.05) is 61.5 Å². The van der Waals surface area contributed by atoms with Crippen molar-refractivity contribution in [3.05, 3.63) is 83.4 Å². The summed E-state index contributed by atoms with van der Waals surface area (Å²) in [6.07, 6.45) is 2.35. The van der Waals surface area contributed by atoms with Gasteiger partial charge in [0.15, 0.2) is 0 Å². The summed E-state index contributed by atoms with van der Waals surface area (Å²) in [4.78, 5) is 35.9. The lowest BCUT2D eigenvalue weighted by Crippen LogP contribution is -2.56. The predicted octanol–water partition coefficient (Wildman–Crippen LogP) is 5.29. The molecule has 2 amide bonds. The van der Waals surface area contributed by atoms with Crippen molar-refractivity contribution in [2.75, 3.05) is 46.3 Å². The number of ether oxygens (including phenoxy) is 1. The van der Waals surface area contributed by atoms with Crippen LogP contribution in [-0.2, 0) is 22.6 Å². The van der Waals surface area contributed by atoms with E-state index in [0.29, 0.717) is 29.1 Å². The minimum absolute atomic E-state index is 0.0552. The number of methoxy groups -OCH3 is 1. The Morgan fingerprint density at radius 3 is 2.46 bits per heavy atom. The van der Waals surface area contributed by atoms with Gasteiger partial charge in [-0.25, -0.2) is 0 Å². The molecular weight excluding hydrogens is 654 g/mol. The molecule has 4 N–H and O–H groups in total. The molecule has 1 aliphatic carbocycles. The van der Waals surface area contributed by atoms with Crippen LogP contribution in [0.4, 0.5) is 5.69 Å². The lowest BCUT2D eigenvalue weighted by molar-refractivity contribution is -0.182. The Balaban J connectivity index is 1.48. The average Bonchev–Trinajstić information content (AvgIpc) is 3.51. The van der Waals surface area contributed by atoms with Crippen molar-refractivity contribution < 1.29 is 24.3 Å². The van der Waals surface area contributed by atoms with Crippen molar-refractivity contribution in [2.24, 2.45) is 23.7 Å². The van der Waals surface area contributed by atoms with Crippen LogP contribution in [0.2, 0.25) is 0 Å². The van der Waals surface area contributed by atoms with E-state index in [2.05, 4.69) is 55.8 Å². The van der Waals surface area contributed by atoms with Gasteiger partial charge in [0.2, 0.25) is 5.91 Å². The Hall–Kier alpha value is -3.96. The molecule has 52 heavy (non-hydrogen) atoms. The Morgan fingerprint density at radius 2 is 1.79 bits per heavy atom. The lowest BCUT2D eigenvalue weighted by atomic mass is 9.73. The van der Waals surface area contributed by atoms with Crippen molar-refractivity contribution >= 4 is 17.5 Å². The van der Waals surface area contributed by atoms with Gasteiger partial charge < -0.3 is 30.7 Å². The highest BCUT2D eigenvalue weighted by Gasteiger charge is 2.50. The van der Waals surface area contributed by atoms with Gasteiger partial charge >= 0.3 is 0 Å². The Morgan fingerprint density at radius 1 is 1.04 bits per heavy atom. The second-order valence-corrected chi connectivity index (χ2v) is 15.2. The standard InChI is InChI=1S/C42H59N5O5/c1-26-19-27(2)28(3)36(20-26)45-42(50)39-38(29(4)44-18-17-30-13-10-9-11-14-30)37(25-48)52-47(39)24-31-15-12-16-35(40(31)51-8)32-21-33(41(49)43-5)23-34(22-32)46(6)7/h9-16,21-23,26-29,36-39,44,48H,17-20,24-25H2,1-8H3,(H,43,49)(H,45,50)/t26-,27+,28+,29-,36+,37+,38+,39+/m1/s1. The summed E-state index contributed by atoms with van der Waals surface area (Å²) in [6.45, 7) is 9.62. The van der Waals surface area contributed by atoms with E-state index < -0.39 is 12.1 Å². The SMILES string of the molecule is CNC(=O)c1cc(-c2cccc(CN3O[C@@H](CO)[C@H]([C@@H](C)NCCc4ccccc4)[C@H]3C(=O)N[C@H]3C[C@H](C)C[C@H](C)[C@@H]3C)c2OC)cc(N(C)C)c1. The molecule has 8 atom stereocenters. The van der Waals surface area contributed by atoms with Crippen LogP contribution < -0.4 is 25.6 Å². The number of nitrogens with zero attached hydrogens (tertiary/aromatic N) is 2. The van der Waals surface area contributed by atoms with Crippen LogP contribution in [0.25, 0.3) is 11.1 Å². The molecule has 1 saturated carbocycles. The molecule has 2 aliphatic rings. The predicted molar refractivity (Wildman–Crippen MR) is 207 cm³/mol. The summed E-state index contributed by atoms with van der Waals surface area (Å²) in [7, 11) is 7.14. The minimum atomic E-state index is -0.665. The van der Waals surface area contributed by atoms with E-state index in [0.717, 1.165) is 48.2 Å². The highest BCUT2D eigenvalue weighted by atomic mass is 16.7. The highest BCUT2D eigenvalue weighted by molar-refractivity contribution is 5.97. The number of anilines is 1. The zero-order valence-electron chi connectivity index (χ0n) is 32.2. The number of benzene rings is 3. The average molecular weight is 714 g/mol. The molecule has 0 bridgehead atoms. The summed E-state index contributed by atoms with van der Waals surface area (Å²) in [5.74, 6) is 1.42. The topological polar surface area (TPSA) is 115 Å². The molecule has 1 heterocycles. The molecule has 10 heteroatoms. The molecule has 3 aromatic rings. The smallest absolute Gasteiger partial charge is 0.251 e. The molecule has 2 fully saturated rings. The molecular formula is C42H59N5O5. The number of hydrogen-bond acceptors (Lipinski definition) is 8. The first kappa shape index (κ1) is 39.3. The number of hydroxylamine groups is 2. The van der Waals surface area contributed by atoms with Crippen LogP contribution >= 0.6 is 0 Å². The fraction of sp³-hybridized carbons (Fsp3) is 0.524. The molecule has 0 radical (unpaired) electrons. The van der Waals surface area contributed by atoms with E-state index in [1.54, 1.807) is 19.2 Å². The maximum absolute atomic E-state index is 14.6. The Bertz CT molecular complexity index is 1650. The molecule has 1 saturated heterocycles. The number of rotatable bonds is 14. The second kappa shape index (κ2) is 17.7. The van der Waals surface area contributed by atoms with Gasteiger partial charge in [-0.1, -0.05) is 69.3 Å². The van der Waals surface area contributed by atoms with Gasteiger partial charge in [-0.2, -0.15) is 5.06 Å². The fourth-order valence-corrected chi connectivity index (χ4v) is 8.22. The third-order valence-corrected chi connectivity index (χ3v) is 11.3. The monoisotopic (exact) mass is 713 g/mol. The van der Waals surface area contributed by atoms with Gasteiger partial charge in [-0.05, 0) is 79.8 Å². The van der Waals surface area contributed by atoms with E-state index in [4.69, 9.17) is 9.57 Å². The molecule has 0 aromatic heterocycles. The highest BCUT2D eigenvalue weighted by Crippen LogP contribution is 2.40. The number of aliphatic hydroxyl groups excluding tert-OH is 1. The zero-order chi connectivity index (χ0) is 37.5. The first-order valence-electron chi connectivity index (χ1n) is 18.8. The molecule has 0 spiro atoms. The summed E-state index contributed by atoms with van der Waals surface area (Å²) in [5, 5.41) is 22.3. The van der Waals surface area contributed by atoms with E-state index in [-0.39, 0.29) is 43.0 Å². The van der Waals surface area contributed by atoms with Crippen LogP contribution in [0.1, 0.15) is 62.0 Å². The first-order valence-corrected chi connectivity index (χ1v) is 18.8. The number of nitrogens with one attached hydrogen (secondary N) is 3. The number of para-hydroxylation sites is 1. The molecule has 3 aromatic carbocycles. The zero-order valence-corrected chi connectivity index (χ0v) is 32.2. The van der Waals surface area contributed by atoms with E-state index in [9.17, 15) is 14.7 Å². The van der Waals surface area contributed by atoms with Crippen molar-refractivity contribution in [3.8, 4) is 16.9 Å². The quantitative estimate of drug-likeness (QED) is 0.178. The van der Waals surface area contributed by atoms with Gasteiger partial charge in [0.25, 0.3) is 5.91 Å². The normalized spacial score (nSPS) is 25.4. The summed E-state index contributed by atoms with van der Waals surface area (Å²) >= 11 is 0. The third kappa shape index (κ3) is 8.97. The van der Waals surface area contributed by atoms with Crippen molar-refractivity contribution in [1.82, 2.24) is 21.0 Å². The van der Waals surface area contributed by atoms with Crippen molar-refractivity contribution in [1.29, 1.82) is 0 Å². The van der Waals surface area contributed by atoms with E-state index >= 15 is 0 Å². The summed E-state index contributed by atoms with van der Waals surface area (Å²) in [5.41, 5.74) is 5.13. The molecule has 5 rings (SSSR count). The first-order chi connectivity index (χ1) is 24.9. The second-order valence-electron chi connectivity index (χ2n) is 15.2. The van der Waals surface area contributed by atoms with Crippen molar-refractivity contribution in [3.63, 3.8) is 0 Å². The fourth-order valence-electron chi connectivity index (χ4n) is 8.22. The van der Waals surface area contributed by atoms with Gasteiger partial charge in [-0.15, -0.1) is 0 Å². The van der Waals surface area contributed by atoms with E-state index in [1.807, 2.05) is 73.6 Å². The molecule has 10 nitrogen and oxygen atoms in total. The summed E-state index contributed by atoms with van der Waals surface area (Å²) in [6, 6.07) is 21.3. The van der Waals surface area contributed by atoms with Crippen LogP contribution in [0.5, 0.6) is 5.75 Å². The van der Waals surface area contributed by atoms with Crippen LogP contribution in [0.3, 0.4) is 0 Å². The van der Waals surface area contributed by atoms with Gasteiger partial charge in [0.05, 0.1) is 20.3 Å². The van der Waals surface area contributed by atoms with Crippen LogP contribution in [0, 0.1) is 23.7 Å². The van der Waals surface area contributed by atoms with Gasteiger partial charge in [-0.3, -0.25) is 14.4 Å². The maximum atomic E-state index is 14.6. The number of carbonyl (C=O) groups is 2. The molecule has 0 unspecified atom stereocenters.